The Morgan fingerprint density at radius 1 is 0.686 bits per heavy atom. The van der Waals surface area contributed by atoms with Gasteiger partial charge in [0, 0.05) is 37.5 Å². The Kier molecular flexibility index (Phi) is 27.5. The third-order valence-corrected chi connectivity index (χ3v) is 12.2. The van der Waals surface area contributed by atoms with Crippen molar-refractivity contribution in [3.63, 3.8) is 0 Å². The first kappa shape index (κ1) is 61.7. The van der Waals surface area contributed by atoms with Gasteiger partial charge in [0.25, 0.3) is 0 Å². The number of carboxylic acids is 1. The zero-order chi connectivity index (χ0) is 52.7. The molecule has 0 aromatic heterocycles. The molecule has 0 amide bonds. The molecule has 398 valence electrons. The molecule has 22 nitrogen and oxygen atoms in total. The lowest BCUT2D eigenvalue weighted by atomic mass is 9.82. The molecule has 0 aliphatic carbocycles. The highest BCUT2D eigenvalue weighted by atomic mass is 16.7. The van der Waals surface area contributed by atoms with Gasteiger partial charge in [0.2, 0.25) is 5.96 Å². The first-order valence-corrected chi connectivity index (χ1v) is 23.4. The van der Waals surface area contributed by atoms with E-state index in [1.165, 1.54) is 13.0 Å². The Morgan fingerprint density at radius 2 is 1.23 bits per heavy atom. The van der Waals surface area contributed by atoms with E-state index in [2.05, 4.69) is 10.9 Å². The van der Waals surface area contributed by atoms with E-state index in [1.807, 2.05) is 19.1 Å². The van der Waals surface area contributed by atoms with Crippen molar-refractivity contribution < 1.29 is 84.7 Å². The highest BCUT2D eigenvalue weighted by Gasteiger charge is 2.51. The number of ether oxygens (including phenoxy) is 4. The van der Waals surface area contributed by atoms with Crippen molar-refractivity contribution in [1.82, 2.24) is 0 Å². The van der Waals surface area contributed by atoms with Gasteiger partial charge in [0.1, 0.15) is 18.1 Å². The Morgan fingerprint density at radius 3 is 1.77 bits per heavy atom. The third-order valence-electron chi connectivity index (χ3n) is 12.2. The predicted octanol–water partition coefficient (Wildman–Crippen LogP) is -1.15. The van der Waals surface area contributed by atoms with Crippen LogP contribution in [0.1, 0.15) is 79.1 Å². The van der Waals surface area contributed by atoms with Gasteiger partial charge in [-0.15, -0.1) is 5.10 Å². The average molecular weight is 998 g/mol. The number of carbonyl (C=O) groups is 2. The number of esters is 1. The Balaban J connectivity index is 0.00000319. The highest BCUT2D eigenvalue weighted by Crippen LogP contribution is 2.38. The first-order valence-electron chi connectivity index (χ1n) is 23.4. The zero-order valence-corrected chi connectivity index (χ0v) is 40.3. The second kappa shape index (κ2) is 31.2. The summed E-state index contributed by atoms with van der Waals surface area (Å²) in [5.41, 5.74) is 15.4. The fraction of sp³-hybridized carbons (Fsp3) is 0.646. The number of hydrazone groups is 1. The molecule has 3 rings (SSSR count). The van der Waals surface area contributed by atoms with Gasteiger partial charge in [0.05, 0.1) is 79.6 Å². The lowest BCUT2D eigenvalue weighted by Crippen LogP contribution is -2.61. The van der Waals surface area contributed by atoms with Gasteiger partial charge in [-0.3, -0.25) is 9.59 Å². The van der Waals surface area contributed by atoms with Crippen molar-refractivity contribution in [2.24, 2.45) is 45.9 Å². The fourth-order valence-corrected chi connectivity index (χ4v) is 7.97. The number of aliphatic hydroxyl groups excluding tert-OH is 9. The van der Waals surface area contributed by atoms with Gasteiger partial charge >= 0.3 is 11.9 Å². The van der Waals surface area contributed by atoms with E-state index in [9.17, 15) is 65.8 Å². The van der Waals surface area contributed by atoms with Crippen LogP contribution in [0.15, 0.2) is 90.2 Å². The molecule has 2 bridgehead atoms. The van der Waals surface area contributed by atoms with E-state index in [4.69, 9.17) is 36.1 Å². The topological polar surface area (TPSA) is 410 Å². The summed E-state index contributed by atoms with van der Waals surface area (Å²) < 4.78 is 23.1. The van der Waals surface area contributed by atoms with Crippen molar-refractivity contribution >= 4 is 17.9 Å². The monoisotopic (exact) mass is 998 g/mol. The fourth-order valence-electron chi connectivity index (χ4n) is 7.97. The molecule has 0 aromatic rings. The number of guanidine groups is 1. The van der Waals surface area contributed by atoms with Crippen LogP contribution < -0.4 is 23.0 Å². The molecule has 3 heterocycles. The molecule has 0 radical (unpaired) electrons. The van der Waals surface area contributed by atoms with Crippen molar-refractivity contribution in [2.75, 3.05) is 0 Å². The number of carbonyl (C=O) groups excluding carboxylic acids is 1. The van der Waals surface area contributed by atoms with Gasteiger partial charge in [-0.1, -0.05) is 98.9 Å². The molecule has 0 spiro atoms. The molecular formula is C48H79N5O17. The quantitative estimate of drug-likeness (QED) is 0.0521. The molecule has 70 heavy (non-hydrogen) atoms. The van der Waals surface area contributed by atoms with E-state index in [0.717, 1.165) is 0 Å². The van der Waals surface area contributed by atoms with Gasteiger partial charge in [-0.2, -0.15) is 0 Å². The molecule has 22 heteroatoms. The van der Waals surface area contributed by atoms with Crippen molar-refractivity contribution in [2.45, 2.75) is 177 Å². The largest absolute Gasteiger partial charge is 0.481 e. The third kappa shape index (κ3) is 22.0. The van der Waals surface area contributed by atoms with Crippen LogP contribution in [0, 0.1) is 17.8 Å². The van der Waals surface area contributed by atoms with Crippen molar-refractivity contribution in [3.05, 3.63) is 85.1 Å². The minimum absolute atomic E-state index is 0.0926. The SMILES string of the molecule is C[C@@H]1[C@H](O)[C@@H](C)/C=C/C=C/C=C/C=C/C=C/C=C/C=C/[C@H](O[C@@H]2O[C@H](C)[C@@H](O)[C@H](N)[C@@H]2O)C[C@@H]2O[C@](O)(C[C@@H](O)C[C@@H](O)[C@H](O)CC[C@@H](O)C[C@@H](O)CC(=O)O[C@H]1C)C[C@H](O)[C@H]2C(=O)O.NN=C(N)N. The Hall–Kier alpha value is -4.37. The van der Waals surface area contributed by atoms with E-state index in [0.29, 0.717) is 0 Å². The zero-order valence-electron chi connectivity index (χ0n) is 40.3. The number of cyclic esters (lactones) is 1. The standard InChI is InChI=1S/C47H73NO17.CH6N4/c1-27-17-15-13-11-9-7-5-6-8-10-12-14-16-18-34(64-46-44(58)41(48)43(57)30(4)63-46)24-38-40(45(59)60)37(54)26-47(61,65-38)25-33(51)22-36(53)35(52)20-19-31(49)21-32(50)23-39(55)62-29(3)28(2)42(27)56;2-1(3)5-4/h5-18,27-38,40-44,46,49-54,56-58,61H,19-26,48H2,1-4H3,(H,59,60);4H2,(H4,2,3,5)/b6-5+,9-7+,10-8+,13-11+,14-12+,17-15+,18-16+;/t27-,28-,29-,30+,31+,32+,33-,34-,35+,36+,37-,38-,40+,41-,42+,43+,44-,46-,47+;/m0./s1. The Labute approximate surface area is 409 Å². The number of carboxylic acid groups (broad SMARTS) is 1. The summed E-state index contributed by atoms with van der Waals surface area (Å²) in [4.78, 5) is 25.1. The number of aliphatic carboxylic acids is 1. The van der Waals surface area contributed by atoms with Crippen LogP contribution in [0.5, 0.6) is 0 Å². The minimum atomic E-state index is -2.33. The van der Waals surface area contributed by atoms with E-state index in [-0.39, 0.29) is 37.6 Å². The van der Waals surface area contributed by atoms with Crippen LogP contribution in [0.2, 0.25) is 0 Å². The minimum Gasteiger partial charge on any atom is -0.481 e. The van der Waals surface area contributed by atoms with Crippen LogP contribution in [0.3, 0.4) is 0 Å². The highest BCUT2D eigenvalue weighted by molar-refractivity contribution is 5.75. The predicted molar refractivity (Wildman–Crippen MR) is 257 cm³/mol. The van der Waals surface area contributed by atoms with E-state index in [1.54, 1.807) is 80.7 Å². The number of allylic oxidation sites excluding steroid dienone is 12. The van der Waals surface area contributed by atoms with Gasteiger partial charge in [-0.25, -0.2) is 0 Å². The smallest absolute Gasteiger partial charge is 0.311 e. The second-order valence-corrected chi connectivity index (χ2v) is 18.1. The molecular weight excluding hydrogens is 919 g/mol. The summed E-state index contributed by atoms with van der Waals surface area (Å²) in [5.74, 6) is -2.41. The molecule has 0 unspecified atom stereocenters. The number of hydrogen-bond donors (Lipinski definition) is 15. The number of aliphatic hydroxyl groups is 10. The number of rotatable bonds is 3. The van der Waals surface area contributed by atoms with Crippen LogP contribution >= 0.6 is 0 Å². The van der Waals surface area contributed by atoms with E-state index < -0.39 is 147 Å². The van der Waals surface area contributed by atoms with Crippen LogP contribution in [0.4, 0.5) is 0 Å². The summed E-state index contributed by atoms with van der Waals surface area (Å²) in [7, 11) is 0. The average Bonchev–Trinajstić information content (AvgIpc) is 3.27. The maximum atomic E-state index is 12.6. The second-order valence-electron chi connectivity index (χ2n) is 18.1. The maximum Gasteiger partial charge on any atom is 0.311 e. The van der Waals surface area contributed by atoms with E-state index >= 15 is 0 Å². The molecule has 0 saturated carbocycles. The molecule has 2 fully saturated rings. The summed E-state index contributed by atoms with van der Waals surface area (Å²) >= 11 is 0. The van der Waals surface area contributed by atoms with Crippen LogP contribution in [-0.2, 0) is 28.5 Å². The van der Waals surface area contributed by atoms with Gasteiger partial charge in [0.15, 0.2) is 12.1 Å². The molecule has 19 N–H and O–H groups in total. The van der Waals surface area contributed by atoms with Crippen LogP contribution in [0.25, 0.3) is 0 Å². The van der Waals surface area contributed by atoms with Crippen molar-refractivity contribution in [1.29, 1.82) is 0 Å². The molecule has 19 atom stereocenters. The number of fused-ring (bicyclic) bond motifs is 2. The Bertz CT molecular complexity index is 1810. The number of nitrogens with zero attached hydrogens (tertiary/aromatic N) is 1. The maximum absolute atomic E-state index is 12.6. The summed E-state index contributed by atoms with van der Waals surface area (Å²) in [5, 5.41) is 121. The van der Waals surface area contributed by atoms with Gasteiger partial charge in [-0.05, 0) is 33.1 Å². The van der Waals surface area contributed by atoms with Gasteiger partial charge < -0.3 is 98.2 Å². The molecule has 3 aliphatic heterocycles. The molecule has 0 aromatic carbocycles. The first-order chi connectivity index (χ1) is 32.9. The lowest BCUT2D eigenvalue weighted by Gasteiger charge is -2.45. The number of nitrogens with two attached hydrogens (primary N) is 4. The summed E-state index contributed by atoms with van der Waals surface area (Å²) in [6.07, 6.45) is 3.46. The van der Waals surface area contributed by atoms with Crippen LogP contribution in [-0.4, -0.2) is 172 Å². The normalized spacial score (nSPS) is 42.7. The number of hydrogen-bond acceptors (Lipinski definition) is 19. The van der Waals surface area contributed by atoms with Crippen molar-refractivity contribution in [3.8, 4) is 0 Å². The lowest BCUT2D eigenvalue weighted by molar-refractivity contribution is -0.308. The molecule has 3 aliphatic rings. The summed E-state index contributed by atoms with van der Waals surface area (Å²) in [6.45, 7) is 6.74. The summed E-state index contributed by atoms with van der Waals surface area (Å²) in [6, 6.07) is -1.15. The molecule has 2 saturated heterocycles.